The van der Waals surface area contributed by atoms with Crippen LogP contribution in [-0.4, -0.2) is 28.9 Å². The van der Waals surface area contributed by atoms with Crippen LogP contribution in [0.3, 0.4) is 0 Å². The summed E-state index contributed by atoms with van der Waals surface area (Å²) < 4.78 is 35.7. The van der Waals surface area contributed by atoms with Crippen molar-refractivity contribution in [3.63, 3.8) is 0 Å². The fraction of sp³-hybridized carbons (Fsp3) is 0.364. The number of halogens is 3. The minimum Gasteiger partial charge on any atom is -0.478 e. The number of thioether (sulfide) groups is 1. The molecule has 0 fully saturated rings. The van der Waals surface area contributed by atoms with Crippen molar-refractivity contribution in [2.45, 2.75) is 12.4 Å². The van der Waals surface area contributed by atoms with Crippen molar-refractivity contribution in [3.8, 4) is 0 Å². The lowest BCUT2D eigenvalue weighted by Gasteiger charge is -2.11. The predicted molar refractivity (Wildman–Crippen MR) is 65.1 cm³/mol. The van der Waals surface area contributed by atoms with Crippen LogP contribution in [0.2, 0.25) is 0 Å². The molecular weight excluding hydrogens is 267 g/mol. The van der Waals surface area contributed by atoms with Gasteiger partial charge in [-0.05, 0) is 36.4 Å². The van der Waals surface area contributed by atoms with Crippen molar-refractivity contribution in [2.24, 2.45) is 0 Å². The molecule has 0 saturated heterocycles. The number of carbonyl (C=O) groups is 1. The van der Waals surface area contributed by atoms with E-state index < -0.39 is 11.5 Å². The smallest absolute Gasteiger partial charge is 0.441 e. The van der Waals surface area contributed by atoms with E-state index in [9.17, 15) is 18.0 Å². The fourth-order valence-corrected chi connectivity index (χ4v) is 1.78. The van der Waals surface area contributed by atoms with Gasteiger partial charge in [0.1, 0.15) is 0 Å². The van der Waals surface area contributed by atoms with Crippen molar-refractivity contribution in [2.75, 3.05) is 17.6 Å². The van der Waals surface area contributed by atoms with Crippen LogP contribution in [0.15, 0.2) is 18.2 Å². The molecule has 100 valence electrons. The molecule has 0 atom stereocenters. The molecule has 7 heteroatoms. The number of hydrogen-bond acceptors (Lipinski definition) is 3. The second-order valence-electron chi connectivity index (χ2n) is 3.58. The summed E-state index contributed by atoms with van der Waals surface area (Å²) in [6.45, 7) is 1.83. The zero-order valence-electron chi connectivity index (χ0n) is 9.54. The molecule has 0 aromatic heterocycles. The summed E-state index contributed by atoms with van der Waals surface area (Å²) in [5, 5.41) is 11.6. The number of carboxylic acids is 1. The quantitative estimate of drug-likeness (QED) is 0.811. The Hall–Kier alpha value is -1.37. The molecule has 0 aliphatic carbocycles. The molecular formula is C11H12F3NO2S. The van der Waals surface area contributed by atoms with Gasteiger partial charge in [-0.1, -0.05) is 6.07 Å². The first-order valence-electron chi connectivity index (χ1n) is 5.08. The van der Waals surface area contributed by atoms with E-state index in [4.69, 9.17) is 5.11 Å². The lowest BCUT2D eigenvalue weighted by molar-refractivity contribution is -0.0327. The Morgan fingerprint density at radius 3 is 2.67 bits per heavy atom. The Bertz CT molecular complexity index is 435. The molecule has 1 aromatic rings. The number of alkyl halides is 3. The summed E-state index contributed by atoms with van der Waals surface area (Å²) in [5.41, 5.74) is -3.03. The minimum absolute atomic E-state index is 0.0495. The van der Waals surface area contributed by atoms with E-state index in [2.05, 4.69) is 5.32 Å². The molecule has 0 spiro atoms. The van der Waals surface area contributed by atoms with Crippen molar-refractivity contribution < 1.29 is 23.1 Å². The molecule has 2 N–H and O–H groups in total. The third-order valence-electron chi connectivity index (χ3n) is 2.09. The Labute approximate surface area is 106 Å². The number of aryl methyl sites for hydroxylation is 1. The number of aromatic carboxylic acids is 1. The average Bonchev–Trinajstić information content (AvgIpc) is 2.22. The number of hydrogen-bond donors (Lipinski definition) is 2. The molecule has 0 aliphatic heterocycles. The van der Waals surface area contributed by atoms with Crippen LogP contribution < -0.4 is 5.32 Å². The van der Waals surface area contributed by atoms with Gasteiger partial charge in [-0.25, -0.2) is 4.79 Å². The van der Waals surface area contributed by atoms with Gasteiger partial charge < -0.3 is 10.4 Å². The summed E-state index contributed by atoms with van der Waals surface area (Å²) in [5.74, 6) is -1.28. The van der Waals surface area contributed by atoms with Gasteiger partial charge in [0.05, 0.1) is 5.56 Å². The normalized spacial score (nSPS) is 11.3. The number of rotatable bonds is 5. The van der Waals surface area contributed by atoms with E-state index >= 15 is 0 Å². The van der Waals surface area contributed by atoms with Gasteiger partial charge in [0.25, 0.3) is 0 Å². The fourth-order valence-electron chi connectivity index (χ4n) is 1.34. The second-order valence-corrected chi connectivity index (χ2v) is 4.74. The zero-order chi connectivity index (χ0) is 13.8. The third kappa shape index (κ3) is 4.87. The Morgan fingerprint density at radius 1 is 1.44 bits per heavy atom. The lowest BCUT2D eigenvalue weighted by Crippen LogP contribution is -2.12. The van der Waals surface area contributed by atoms with Gasteiger partial charge in [0, 0.05) is 18.0 Å². The van der Waals surface area contributed by atoms with Crippen LogP contribution in [0, 0.1) is 6.92 Å². The Morgan fingerprint density at radius 2 is 2.11 bits per heavy atom. The first-order valence-corrected chi connectivity index (χ1v) is 6.06. The number of benzene rings is 1. The minimum atomic E-state index is -4.26. The van der Waals surface area contributed by atoms with Gasteiger partial charge in [-0.15, -0.1) is 0 Å². The topological polar surface area (TPSA) is 49.3 Å². The van der Waals surface area contributed by atoms with Crippen molar-refractivity contribution >= 4 is 23.4 Å². The SMILES string of the molecule is Cc1ccc(C(=O)O)c(NCCSC(F)(F)F)c1. The van der Waals surface area contributed by atoms with E-state index in [1.54, 1.807) is 19.1 Å². The molecule has 0 aliphatic rings. The monoisotopic (exact) mass is 279 g/mol. The molecule has 1 aromatic carbocycles. The Kier molecular flexibility index (Phi) is 4.89. The van der Waals surface area contributed by atoms with Crippen molar-refractivity contribution in [1.82, 2.24) is 0 Å². The maximum Gasteiger partial charge on any atom is 0.441 e. The number of anilines is 1. The third-order valence-corrected chi connectivity index (χ3v) is 2.82. The van der Waals surface area contributed by atoms with Crippen LogP contribution in [-0.2, 0) is 0 Å². The summed E-state index contributed by atoms with van der Waals surface area (Å²) in [4.78, 5) is 10.9. The number of carboxylic acid groups (broad SMARTS) is 1. The summed E-state index contributed by atoms with van der Waals surface area (Å²) in [6.07, 6.45) is 0. The van der Waals surface area contributed by atoms with Gasteiger partial charge in [-0.2, -0.15) is 13.2 Å². The van der Waals surface area contributed by atoms with Crippen molar-refractivity contribution in [1.29, 1.82) is 0 Å². The number of nitrogens with one attached hydrogen (secondary N) is 1. The molecule has 0 heterocycles. The summed E-state index contributed by atoms with van der Waals surface area (Å²) >= 11 is -0.139. The van der Waals surface area contributed by atoms with E-state index in [1.165, 1.54) is 6.07 Å². The average molecular weight is 279 g/mol. The predicted octanol–water partition coefficient (Wildman–Crippen LogP) is 3.36. The molecule has 0 amide bonds. The first-order chi connectivity index (χ1) is 8.29. The maximum absolute atomic E-state index is 11.9. The van der Waals surface area contributed by atoms with Crippen LogP contribution in [0.1, 0.15) is 15.9 Å². The maximum atomic E-state index is 11.9. The van der Waals surface area contributed by atoms with Crippen molar-refractivity contribution in [3.05, 3.63) is 29.3 Å². The van der Waals surface area contributed by atoms with Crippen LogP contribution in [0.4, 0.5) is 18.9 Å². The van der Waals surface area contributed by atoms with E-state index in [1.807, 2.05) is 0 Å². The van der Waals surface area contributed by atoms with Crippen LogP contribution >= 0.6 is 11.8 Å². The molecule has 3 nitrogen and oxygen atoms in total. The molecule has 1 rings (SSSR count). The molecule has 18 heavy (non-hydrogen) atoms. The van der Waals surface area contributed by atoms with E-state index in [0.29, 0.717) is 5.69 Å². The van der Waals surface area contributed by atoms with Gasteiger partial charge in [0.2, 0.25) is 0 Å². The summed E-state index contributed by atoms with van der Waals surface area (Å²) in [6, 6.07) is 4.66. The zero-order valence-corrected chi connectivity index (χ0v) is 10.4. The molecule has 0 unspecified atom stereocenters. The van der Waals surface area contributed by atoms with E-state index in [-0.39, 0.29) is 29.6 Å². The van der Waals surface area contributed by atoms with Crippen LogP contribution in [0.25, 0.3) is 0 Å². The van der Waals surface area contributed by atoms with Gasteiger partial charge in [0.15, 0.2) is 0 Å². The highest BCUT2D eigenvalue weighted by atomic mass is 32.2. The standard InChI is InChI=1S/C11H12F3NO2S/c1-7-2-3-8(10(16)17)9(6-7)15-4-5-18-11(12,13)14/h2-3,6,15H,4-5H2,1H3,(H,16,17). The lowest BCUT2D eigenvalue weighted by atomic mass is 10.1. The highest BCUT2D eigenvalue weighted by Crippen LogP contribution is 2.29. The first kappa shape index (κ1) is 14.7. The summed E-state index contributed by atoms with van der Waals surface area (Å²) in [7, 11) is 0. The molecule has 0 radical (unpaired) electrons. The highest BCUT2D eigenvalue weighted by molar-refractivity contribution is 8.00. The second kappa shape index (κ2) is 5.99. The van der Waals surface area contributed by atoms with Gasteiger partial charge in [-0.3, -0.25) is 0 Å². The highest BCUT2D eigenvalue weighted by Gasteiger charge is 2.27. The van der Waals surface area contributed by atoms with E-state index in [0.717, 1.165) is 5.56 Å². The van der Waals surface area contributed by atoms with Crippen LogP contribution in [0.5, 0.6) is 0 Å². The molecule has 0 saturated carbocycles. The van der Waals surface area contributed by atoms with Gasteiger partial charge >= 0.3 is 11.5 Å². The molecule has 0 bridgehead atoms. The Balaban J connectivity index is 2.61. The largest absolute Gasteiger partial charge is 0.478 e.